The molecule has 1 saturated carbocycles. The van der Waals surface area contributed by atoms with Gasteiger partial charge in [0.05, 0.1) is 25.8 Å². The number of rotatable bonds is 9. The molecule has 0 amide bonds. The van der Waals surface area contributed by atoms with Gasteiger partial charge in [0.1, 0.15) is 0 Å². The summed E-state index contributed by atoms with van der Waals surface area (Å²) >= 11 is 0. The SMILES string of the molecule is CCOCC1(c2ccc(-c3noc(-c4cc(C)n(Cc5cccc(C(=O)OC)c5)n4)n3)cc2)CCC1. The van der Waals surface area contributed by atoms with Crippen LogP contribution in [-0.2, 0) is 21.4 Å². The van der Waals surface area contributed by atoms with Crippen molar-refractivity contribution in [2.45, 2.75) is 45.1 Å². The third-order valence-corrected chi connectivity index (χ3v) is 6.96. The molecule has 0 radical (unpaired) electrons. The fraction of sp³-hybridized carbons (Fsp3) is 0.357. The van der Waals surface area contributed by atoms with Gasteiger partial charge in [-0.05, 0) is 56.0 Å². The van der Waals surface area contributed by atoms with Gasteiger partial charge in [0.2, 0.25) is 5.82 Å². The Morgan fingerprint density at radius 1 is 1.14 bits per heavy atom. The molecule has 36 heavy (non-hydrogen) atoms. The Morgan fingerprint density at radius 3 is 2.64 bits per heavy atom. The van der Waals surface area contributed by atoms with Gasteiger partial charge in [0.25, 0.3) is 5.89 Å². The number of carbonyl (C=O) groups is 1. The van der Waals surface area contributed by atoms with Gasteiger partial charge in [-0.2, -0.15) is 10.1 Å². The fourth-order valence-corrected chi connectivity index (χ4v) is 4.70. The second kappa shape index (κ2) is 10.1. The Balaban J connectivity index is 1.32. The number of aromatic nitrogens is 4. The van der Waals surface area contributed by atoms with E-state index in [1.165, 1.54) is 19.1 Å². The van der Waals surface area contributed by atoms with Crippen molar-refractivity contribution in [1.29, 1.82) is 0 Å². The summed E-state index contributed by atoms with van der Waals surface area (Å²) in [4.78, 5) is 16.4. The van der Waals surface area contributed by atoms with Crippen LogP contribution in [0.5, 0.6) is 0 Å². The lowest BCUT2D eigenvalue weighted by Crippen LogP contribution is -2.39. The molecule has 0 bridgehead atoms. The molecule has 8 nitrogen and oxygen atoms in total. The number of hydrogen-bond acceptors (Lipinski definition) is 7. The van der Waals surface area contributed by atoms with E-state index in [9.17, 15) is 4.79 Å². The number of aryl methyl sites for hydroxylation is 1. The van der Waals surface area contributed by atoms with Gasteiger partial charge >= 0.3 is 5.97 Å². The van der Waals surface area contributed by atoms with Gasteiger partial charge in [-0.25, -0.2) is 4.79 Å². The van der Waals surface area contributed by atoms with Gasteiger partial charge in [-0.1, -0.05) is 48.0 Å². The third kappa shape index (κ3) is 4.68. The van der Waals surface area contributed by atoms with Crippen LogP contribution in [0.4, 0.5) is 0 Å². The van der Waals surface area contributed by atoms with Crippen molar-refractivity contribution >= 4 is 5.97 Å². The first-order valence-corrected chi connectivity index (χ1v) is 12.3. The van der Waals surface area contributed by atoms with E-state index >= 15 is 0 Å². The van der Waals surface area contributed by atoms with E-state index in [2.05, 4.69) is 27.4 Å². The van der Waals surface area contributed by atoms with Gasteiger partial charge < -0.3 is 14.0 Å². The summed E-state index contributed by atoms with van der Waals surface area (Å²) in [6.07, 6.45) is 3.56. The van der Waals surface area contributed by atoms with Gasteiger partial charge in [0.15, 0.2) is 5.69 Å². The highest BCUT2D eigenvalue weighted by molar-refractivity contribution is 5.89. The van der Waals surface area contributed by atoms with E-state index in [4.69, 9.17) is 14.0 Å². The normalized spacial score (nSPS) is 14.4. The monoisotopic (exact) mass is 486 g/mol. The van der Waals surface area contributed by atoms with Crippen molar-refractivity contribution in [1.82, 2.24) is 19.9 Å². The number of ether oxygens (including phenoxy) is 2. The molecule has 5 rings (SSSR count). The second-order valence-corrected chi connectivity index (χ2v) is 9.29. The fourth-order valence-electron chi connectivity index (χ4n) is 4.70. The van der Waals surface area contributed by atoms with E-state index in [1.807, 2.05) is 54.9 Å². The van der Waals surface area contributed by atoms with E-state index in [0.29, 0.717) is 29.5 Å². The standard InChI is InChI=1S/C28H30N4O4/c1-4-35-18-28(13-6-14-28)23-11-9-21(10-12-23)25-29-26(36-31-25)24-15-19(2)32(30-24)17-20-7-5-8-22(16-20)27(33)34-3/h5,7-12,15-16H,4,6,13-14,17-18H2,1-3H3. The van der Waals surface area contributed by atoms with Crippen LogP contribution in [-0.4, -0.2) is 46.2 Å². The van der Waals surface area contributed by atoms with Crippen molar-refractivity contribution in [3.63, 3.8) is 0 Å². The first kappa shape index (κ1) is 23.9. The lowest BCUT2D eigenvalue weighted by atomic mass is 9.65. The molecular formula is C28H30N4O4. The van der Waals surface area contributed by atoms with Crippen LogP contribution in [0.3, 0.4) is 0 Å². The Bertz CT molecular complexity index is 1350. The van der Waals surface area contributed by atoms with Crippen molar-refractivity contribution in [2.75, 3.05) is 20.3 Å². The van der Waals surface area contributed by atoms with Crippen molar-refractivity contribution in [2.24, 2.45) is 0 Å². The molecule has 8 heteroatoms. The number of benzene rings is 2. The molecule has 1 aliphatic carbocycles. The largest absolute Gasteiger partial charge is 0.465 e. The Labute approximate surface area is 210 Å². The molecule has 1 fully saturated rings. The predicted octanol–water partition coefficient (Wildman–Crippen LogP) is 5.20. The number of hydrogen-bond donors (Lipinski definition) is 0. The topological polar surface area (TPSA) is 92.3 Å². The van der Waals surface area contributed by atoms with Crippen LogP contribution < -0.4 is 0 Å². The molecule has 1 aliphatic rings. The lowest BCUT2D eigenvalue weighted by Gasteiger charge is -2.42. The van der Waals surface area contributed by atoms with Crippen LogP contribution in [0.2, 0.25) is 0 Å². The minimum atomic E-state index is -0.363. The summed E-state index contributed by atoms with van der Waals surface area (Å²) in [5, 5.41) is 8.85. The van der Waals surface area contributed by atoms with Crippen molar-refractivity contribution in [3.8, 4) is 23.0 Å². The minimum Gasteiger partial charge on any atom is -0.465 e. The number of methoxy groups -OCH3 is 1. The maximum Gasteiger partial charge on any atom is 0.337 e. The summed E-state index contributed by atoms with van der Waals surface area (Å²) in [7, 11) is 1.37. The molecule has 2 aromatic heterocycles. The second-order valence-electron chi connectivity index (χ2n) is 9.29. The van der Waals surface area contributed by atoms with Gasteiger partial charge in [0, 0.05) is 23.3 Å². The highest BCUT2D eigenvalue weighted by atomic mass is 16.5. The molecule has 0 saturated heterocycles. The molecule has 4 aromatic rings. The van der Waals surface area contributed by atoms with E-state index in [-0.39, 0.29) is 11.4 Å². The number of carbonyl (C=O) groups excluding carboxylic acids is 1. The Hall–Kier alpha value is -3.78. The smallest absolute Gasteiger partial charge is 0.337 e. The maximum absolute atomic E-state index is 11.8. The first-order chi connectivity index (χ1) is 17.5. The van der Waals surface area contributed by atoms with Crippen LogP contribution in [0.1, 0.15) is 53.4 Å². The summed E-state index contributed by atoms with van der Waals surface area (Å²) in [6, 6.07) is 17.7. The zero-order chi connectivity index (χ0) is 25.1. The molecule has 0 atom stereocenters. The molecule has 2 aromatic carbocycles. The molecule has 0 unspecified atom stereocenters. The van der Waals surface area contributed by atoms with Crippen LogP contribution >= 0.6 is 0 Å². The molecule has 186 valence electrons. The molecular weight excluding hydrogens is 456 g/mol. The minimum absolute atomic E-state index is 0.137. The average molecular weight is 487 g/mol. The first-order valence-electron chi connectivity index (χ1n) is 12.3. The highest BCUT2D eigenvalue weighted by Gasteiger charge is 2.38. The molecule has 0 aliphatic heterocycles. The molecule has 0 spiro atoms. The maximum atomic E-state index is 11.8. The third-order valence-electron chi connectivity index (χ3n) is 6.96. The van der Waals surface area contributed by atoms with E-state index in [0.717, 1.165) is 42.9 Å². The summed E-state index contributed by atoms with van der Waals surface area (Å²) in [5.41, 5.74) is 5.34. The van der Waals surface area contributed by atoms with Crippen molar-refractivity contribution in [3.05, 3.63) is 77.0 Å². The van der Waals surface area contributed by atoms with Gasteiger partial charge in [-0.3, -0.25) is 4.68 Å². The average Bonchev–Trinajstić information content (AvgIpc) is 3.51. The number of esters is 1. The Kier molecular flexibility index (Phi) is 6.69. The van der Waals surface area contributed by atoms with Crippen LogP contribution in [0, 0.1) is 6.92 Å². The summed E-state index contributed by atoms with van der Waals surface area (Å²) in [6.45, 7) is 6.01. The summed E-state index contributed by atoms with van der Waals surface area (Å²) < 4.78 is 18.0. The zero-order valence-corrected chi connectivity index (χ0v) is 20.9. The molecule has 0 N–H and O–H groups in total. The molecule has 2 heterocycles. The Morgan fingerprint density at radius 2 is 1.94 bits per heavy atom. The van der Waals surface area contributed by atoms with E-state index in [1.54, 1.807) is 6.07 Å². The van der Waals surface area contributed by atoms with Crippen LogP contribution in [0.15, 0.2) is 59.1 Å². The lowest BCUT2D eigenvalue weighted by molar-refractivity contribution is 0.0522. The van der Waals surface area contributed by atoms with Crippen LogP contribution in [0.25, 0.3) is 23.0 Å². The quantitative estimate of drug-likeness (QED) is 0.300. The predicted molar refractivity (Wildman–Crippen MR) is 135 cm³/mol. The van der Waals surface area contributed by atoms with Gasteiger partial charge in [-0.15, -0.1) is 0 Å². The number of nitrogens with zero attached hydrogens (tertiary/aromatic N) is 4. The van der Waals surface area contributed by atoms with Crippen molar-refractivity contribution < 1.29 is 18.8 Å². The van der Waals surface area contributed by atoms with E-state index < -0.39 is 0 Å². The highest BCUT2D eigenvalue weighted by Crippen LogP contribution is 2.44. The zero-order valence-electron chi connectivity index (χ0n) is 20.9. The summed E-state index contributed by atoms with van der Waals surface area (Å²) in [5.74, 6) is 0.534.